The van der Waals surface area contributed by atoms with Gasteiger partial charge in [-0.3, -0.25) is 14.9 Å². The van der Waals surface area contributed by atoms with Gasteiger partial charge in [-0.2, -0.15) is 5.10 Å². The molecule has 0 spiro atoms. The Hall–Kier alpha value is -3.75. The fraction of sp³-hybridized carbons (Fsp3) is 0. The number of nitro groups is 1. The van der Waals surface area contributed by atoms with Gasteiger partial charge in [-0.15, -0.1) is 0 Å². The average molecular weight is 458 g/mol. The first-order valence-electron chi connectivity index (χ1n) is 8.68. The highest BCUT2D eigenvalue weighted by Gasteiger charge is 2.11. The zero-order valence-corrected chi connectivity index (χ0v) is 17.1. The van der Waals surface area contributed by atoms with E-state index in [0.717, 1.165) is 0 Å². The molecule has 1 amide bonds. The smallest absolute Gasteiger partial charge is 0.343 e. The summed E-state index contributed by atoms with van der Waals surface area (Å²) in [5, 5.41) is 15.1. The highest BCUT2D eigenvalue weighted by atomic mass is 35.5. The highest BCUT2D eigenvalue weighted by Crippen LogP contribution is 2.23. The molecule has 0 aliphatic carbocycles. The molecule has 0 fully saturated rings. The molecular formula is C21H13Cl2N3O5. The first-order chi connectivity index (χ1) is 14.8. The van der Waals surface area contributed by atoms with Gasteiger partial charge in [0.05, 0.1) is 26.7 Å². The highest BCUT2D eigenvalue weighted by molar-refractivity contribution is 6.42. The maximum atomic E-state index is 12.2. The second-order valence-electron chi connectivity index (χ2n) is 6.09. The minimum Gasteiger partial charge on any atom is -0.423 e. The van der Waals surface area contributed by atoms with E-state index in [4.69, 9.17) is 27.9 Å². The SMILES string of the molecule is O=C(N/N=C\c1ccc(OC(=O)c2ccc(Cl)c(Cl)c2)cc1)c1ccc([N+](=O)[O-])cc1. The first-order valence-corrected chi connectivity index (χ1v) is 9.44. The van der Waals surface area contributed by atoms with Gasteiger partial charge in [0.25, 0.3) is 11.6 Å². The van der Waals surface area contributed by atoms with Crippen LogP contribution in [0.4, 0.5) is 5.69 Å². The lowest BCUT2D eigenvalue weighted by atomic mass is 10.2. The summed E-state index contributed by atoms with van der Waals surface area (Å²) in [6.45, 7) is 0. The minimum atomic E-state index is -0.588. The Labute approximate surface area is 186 Å². The van der Waals surface area contributed by atoms with Crippen molar-refractivity contribution in [2.24, 2.45) is 5.10 Å². The maximum Gasteiger partial charge on any atom is 0.343 e. The Kier molecular flexibility index (Phi) is 6.96. The van der Waals surface area contributed by atoms with Crippen molar-refractivity contribution >= 4 is 47.0 Å². The quantitative estimate of drug-likeness (QED) is 0.186. The third-order valence-electron chi connectivity index (χ3n) is 3.97. The van der Waals surface area contributed by atoms with Gasteiger partial charge in [-0.25, -0.2) is 10.2 Å². The minimum absolute atomic E-state index is 0.111. The second kappa shape index (κ2) is 9.84. The lowest BCUT2D eigenvalue weighted by Gasteiger charge is -2.05. The molecule has 0 bridgehead atoms. The van der Waals surface area contributed by atoms with Crippen molar-refractivity contribution in [1.29, 1.82) is 0 Å². The van der Waals surface area contributed by atoms with Crippen molar-refractivity contribution in [3.63, 3.8) is 0 Å². The summed E-state index contributed by atoms with van der Waals surface area (Å²) in [5.41, 5.74) is 3.34. The summed E-state index contributed by atoms with van der Waals surface area (Å²) in [5.74, 6) is -0.795. The number of carbonyl (C=O) groups is 2. The van der Waals surface area contributed by atoms with E-state index < -0.39 is 16.8 Å². The van der Waals surface area contributed by atoms with Crippen molar-refractivity contribution in [3.05, 3.63) is 104 Å². The van der Waals surface area contributed by atoms with E-state index in [-0.39, 0.29) is 21.8 Å². The van der Waals surface area contributed by atoms with Crippen LogP contribution in [0.5, 0.6) is 5.75 Å². The zero-order chi connectivity index (χ0) is 22.4. The Balaban J connectivity index is 1.56. The summed E-state index contributed by atoms with van der Waals surface area (Å²) in [6.07, 6.45) is 1.40. The molecule has 0 atom stereocenters. The van der Waals surface area contributed by atoms with Gasteiger partial charge in [0.2, 0.25) is 0 Å². The average Bonchev–Trinajstić information content (AvgIpc) is 2.76. The predicted octanol–water partition coefficient (Wildman–Crippen LogP) is 4.88. The van der Waals surface area contributed by atoms with E-state index in [1.165, 1.54) is 48.7 Å². The summed E-state index contributed by atoms with van der Waals surface area (Å²) >= 11 is 11.7. The molecule has 0 unspecified atom stereocenters. The number of amides is 1. The van der Waals surface area contributed by atoms with Crippen molar-refractivity contribution in [1.82, 2.24) is 5.43 Å². The number of carbonyl (C=O) groups excluding carboxylic acids is 2. The van der Waals surface area contributed by atoms with Crippen LogP contribution in [0.25, 0.3) is 0 Å². The summed E-state index contributed by atoms with van der Waals surface area (Å²) in [6, 6.07) is 16.0. The number of ether oxygens (including phenoxy) is 1. The van der Waals surface area contributed by atoms with Crippen LogP contribution in [-0.4, -0.2) is 23.0 Å². The number of nitro benzene ring substituents is 1. The monoisotopic (exact) mass is 457 g/mol. The third kappa shape index (κ3) is 5.88. The fourth-order valence-corrected chi connectivity index (χ4v) is 2.67. The molecule has 0 aliphatic heterocycles. The van der Waals surface area contributed by atoms with E-state index in [1.807, 2.05) is 0 Å². The Morgan fingerprint density at radius 1 is 0.935 bits per heavy atom. The number of esters is 1. The molecule has 1 N–H and O–H groups in total. The number of nitrogens with zero attached hydrogens (tertiary/aromatic N) is 2. The fourth-order valence-electron chi connectivity index (χ4n) is 2.38. The topological polar surface area (TPSA) is 111 Å². The van der Waals surface area contributed by atoms with Crippen molar-refractivity contribution < 1.29 is 19.2 Å². The number of halogens is 2. The molecule has 10 heteroatoms. The molecule has 8 nitrogen and oxygen atoms in total. The third-order valence-corrected chi connectivity index (χ3v) is 4.71. The van der Waals surface area contributed by atoms with Gasteiger partial charge in [0.1, 0.15) is 5.75 Å². The molecule has 0 saturated heterocycles. The second-order valence-corrected chi connectivity index (χ2v) is 6.90. The van der Waals surface area contributed by atoms with Gasteiger partial charge in [-0.1, -0.05) is 23.2 Å². The number of hydrazone groups is 1. The first kappa shape index (κ1) is 21.9. The van der Waals surface area contributed by atoms with Crippen LogP contribution in [0.1, 0.15) is 26.3 Å². The van der Waals surface area contributed by atoms with Crippen molar-refractivity contribution in [3.8, 4) is 5.75 Å². The van der Waals surface area contributed by atoms with Crippen LogP contribution in [0, 0.1) is 10.1 Å². The Bertz CT molecular complexity index is 1160. The Morgan fingerprint density at radius 3 is 2.19 bits per heavy atom. The number of benzene rings is 3. The van der Waals surface area contributed by atoms with Crippen molar-refractivity contribution in [2.75, 3.05) is 0 Å². The number of rotatable bonds is 6. The molecule has 0 aromatic heterocycles. The summed E-state index contributed by atoms with van der Waals surface area (Å²) in [4.78, 5) is 34.3. The molecule has 3 aromatic rings. The van der Waals surface area contributed by atoms with Gasteiger partial charge in [0, 0.05) is 17.7 Å². The summed E-state index contributed by atoms with van der Waals surface area (Å²) < 4.78 is 5.27. The van der Waals surface area contributed by atoms with E-state index in [1.54, 1.807) is 24.3 Å². The standard InChI is InChI=1S/C21H13Cl2N3O5/c22-18-10-5-15(11-19(18)23)21(28)31-17-8-1-13(2-9-17)12-24-25-20(27)14-3-6-16(7-4-14)26(29)30/h1-12H,(H,25,27)/b24-12-. The van der Waals surface area contributed by atoms with Crippen LogP contribution < -0.4 is 10.2 Å². The van der Waals surface area contributed by atoms with Crippen LogP contribution >= 0.6 is 23.2 Å². The van der Waals surface area contributed by atoms with Crippen LogP contribution in [0.2, 0.25) is 10.0 Å². The zero-order valence-electron chi connectivity index (χ0n) is 15.6. The van der Waals surface area contributed by atoms with Gasteiger partial charge < -0.3 is 4.74 Å². The van der Waals surface area contributed by atoms with E-state index in [9.17, 15) is 19.7 Å². The normalized spacial score (nSPS) is 10.6. The molecule has 31 heavy (non-hydrogen) atoms. The van der Waals surface area contributed by atoms with Crippen LogP contribution in [0.3, 0.4) is 0 Å². The largest absolute Gasteiger partial charge is 0.423 e. The van der Waals surface area contributed by atoms with Crippen LogP contribution in [0.15, 0.2) is 71.8 Å². The van der Waals surface area contributed by atoms with E-state index in [2.05, 4.69) is 10.5 Å². The molecule has 3 aromatic carbocycles. The molecular weight excluding hydrogens is 445 g/mol. The molecule has 0 heterocycles. The summed E-state index contributed by atoms with van der Waals surface area (Å²) in [7, 11) is 0. The number of hydrogen-bond acceptors (Lipinski definition) is 6. The number of hydrogen-bond donors (Lipinski definition) is 1. The lowest BCUT2D eigenvalue weighted by Crippen LogP contribution is -2.17. The molecule has 0 aliphatic rings. The molecule has 156 valence electrons. The Morgan fingerprint density at radius 2 is 1.58 bits per heavy atom. The van der Waals surface area contributed by atoms with Crippen LogP contribution in [-0.2, 0) is 0 Å². The van der Waals surface area contributed by atoms with Gasteiger partial charge >= 0.3 is 5.97 Å². The van der Waals surface area contributed by atoms with E-state index >= 15 is 0 Å². The predicted molar refractivity (Wildman–Crippen MR) is 116 cm³/mol. The van der Waals surface area contributed by atoms with Crippen molar-refractivity contribution in [2.45, 2.75) is 0 Å². The molecule has 3 rings (SSSR count). The van der Waals surface area contributed by atoms with Gasteiger partial charge in [-0.05, 0) is 60.2 Å². The number of non-ortho nitro benzene ring substituents is 1. The molecule has 0 radical (unpaired) electrons. The van der Waals surface area contributed by atoms with Gasteiger partial charge in [0.15, 0.2) is 0 Å². The van der Waals surface area contributed by atoms with E-state index in [0.29, 0.717) is 16.3 Å². The number of nitrogens with one attached hydrogen (secondary N) is 1. The molecule has 0 saturated carbocycles. The maximum absolute atomic E-state index is 12.2. The lowest BCUT2D eigenvalue weighted by molar-refractivity contribution is -0.384.